The average molecular weight is 430 g/mol. The molecule has 3 heterocycles. The summed E-state index contributed by atoms with van der Waals surface area (Å²) < 4.78 is 2.00. The van der Waals surface area contributed by atoms with Crippen molar-refractivity contribution in [1.82, 2.24) is 19.5 Å². The van der Waals surface area contributed by atoms with Crippen molar-refractivity contribution in [2.24, 2.45) is 13.0 Å². The Hall–Kier alpha value is -3.32. The van der Waals surface area contributed by atoms with Crippen molar-refractivity contribution < 1.29 is 9.90 Å². The fourth-order valence-corrected chi connectivity index (χ4v) is 4.27. The Bertz CT molecular complexity index is 1340. The number of amides is 1. The fraction of sp³-hybridized carbons (Fsp3) is 0.360. The molecule has 1 aliphatic carbocycles. The van der Waals surface area contributed by atoms with Crippen LogP contribution in [0.3, 0.4) is 0 Å². The van der Waals surface area contributed by atoms with E-state index in [-0.39, 0.29) is 11.8 Å². The van der Waals surface area contributed by atoms with Crippen LogP contribution in [0, 0.1) is 12.8 Å². The van der Waals surface area contributed by atoms with Gasteiger partial charge >= 0.3 is 0 Å². The summed E-state index contributed by atoms with van der Waals surface area (Å²) in [7, 11) is 1.97. The zero-order chi connectivity index (χ0) is 22.4. The summed E-state index contributed by atoms with van der Waals surface area (Å²) in [6.07, 6.45) is 8.39. The molecule has 4 aromatic rings. The van der Waals surface area contributed by atoms with Gasteiger partial charge in [-0.15, -0.1) is 0 Å². The Labute approximate surface area is 186 Å². The highest BCUT2D eigenvalue weighted by Gasteiger charge is 2.30. The number of carbonyl (C=O) groups is 1. The van der Waals surface area contributed by atoms with Crippen molar-refractivity contribution in [3.05, 3.63) is 48.2 Å². The summed E-state index contributed by atoms with van der Waals surface area (Å²) in [5.74, 6) is 0.736. The number of nitrogens with zero attached hydrogens (tertiary/aromatic N) is 4. The number of aliphatic hydroxyl groups is 1. The van der Waals surface area contributed by atoms with Gasteiger partial charge in [-0.1, -0.05) is 13.3 Å². The number of fused-ring (bicyclic) bond motifs is 3. The van der Waals surface area contributed by atoms with Crippen LogP contribution in [0.15, 0.2) is 36.9 Å². The zero-order valence-corrected chi connectivity index (χ0v) is 18.6. The number of aryl methyl sites for hydroxylation is 2. The molecule has 0 saturated heterocycles. The molecule has 7 nitrogen and oxygen atoms in total. The van der Waals surface area contributed by atoms with Crippen molar-refractivity contribution >= 4 is 33.5 Å². The maximum Gasteiger partial charge on any atom is 0.228 e. The SMILES string of the molecule is CCC[C@@H](O)c1cc(C)c(-c2cc3cnc(NC(=O)C4CC4)cc3c3c2ncn3C)cn1. The van der Waals surface area contributed by atoms with Crippen LogP contribution in [0.1, 0.15) is 50.0 Å². The van der Waals surface area contributed by atoms with Crippen LogP contribution < -0.4 is 5.32 Å². The molecule has 1 aliphatic rings. The number of rotatable bonds is 6. The molecule has 2 N–H and O–H groups in total. The smallest absolute Gasteiger partial charge is 0.228 e. The van der Waals surface area contributed by atoms with Gasteiger partial charge in [0.25, 0.3) is 0 Å². The third-order valence-electron chi connectivity index (χ3n) is 6.21. The molecule has 1 aromatic carbocycles. The summed E-state index contributed by atoms with van der Waals surface area (Å²) in [6, 6.07) is 5.97. The predicted octanol–water partition coefficient (Wildman–Crippen LogP) is 4.67. The second-order valence-corrected chi connectivity index (χ2v) is 8.76. The minimum absolute atomic E-state index is 0.0433. The predicted molar refractivity (Wildman–Crippen MR) is 125 cm³/mol. The zero-order valence-electron chi connectivity index (χ0n) is 18.6. The largest absolute Gasteiger partial charge is 0.387 e. The Morgan fingerprint density at radius 3 is 2.72 bits per heavy atom. The van der Waals surface area contributed by atoms with Crippen LogP contribution in [0.2, 0.25) is 0 Å². The third kappa shape index (κ3) is 3.62. The highest BCUT2D eigenvalue weighted by molar-refractivity contribution is 6.12. The molecule has 164 valence electrons. The number of hydrogen-bond donors (Lipinski definition) is 2. The summed E-state index contributed by atoms with van der Waals surface area (Å²) in [4.78, 5) is 25.9. The molecular formula is C25H27N5O2. The van der Waals surface area contributed by atoms with Crippen molar-refractivity contribution in [2.45, 2.75) is 45.6 Å². The molecule has 5 rings (SSSR count). The highest BCUT2D eigenvalue weighted by Crippen LogP contribution is 2.36. The molecule has 0 bridgehead atoms. The Morgan fingerprint density at radius 2 is 2.00 bits per heavy atom. The fourth-order valence-electron chi connectivity index (χ4n) is 4.27. The third-order valence-corrected chi connectivity index (χ3v) is 6.21. The molecule has 7 heteroatoms. The van der Waals surface area contributed by atoms with Crippen molar-refractivity contribution in [3.63, 3.8) is 0 Å². The van der Waals surface area contributed by atoms with Gasteiger partial charge in [-0.05, 0) is 49.9 Å². The van der Waals surface area contributed by atoms with E-state index in [1.54, 1.807) is 12.5 Å². The number of nitrogens with one attached hydrogen (secondary N) is 1. The van der Waals surface area contributed by atoms with E-state index in [9.17, 15) is 9.90 Å². The lowest BCUT2D eigenvalue weighted by Crippen LogP contribution is -2.14. The molecular weight excluding hydrogens is 402 g/mol. The number of imidazole rings is 1. The molecule has 0 unspecified atom stereocenters. The second kappa shape index (κ2) is 7.98. The number of hydrogen-bond acceptors (Lipinski definition) is 5. The minimum Gasteiger partial charge on any atom is -0.387 e. The van der Waals surface area contributed by atoms with Gasteiger partial charge in [0, 0.05) is 47.3 Å². The maximum absolute atomic E-state index is 12.2. The van der Waals surface area contributed by atoms with E-state index in [0.29, 0.717) is 17.9 Å². The van der Waals surface area contributed by atoms with Crippen LogP contribution in [-0.2, 0) is 11.8 Å². The average Bonchev–Trinajstić information content (AvgIpc) is 3.56. The first kappa shape index (κ1) is 20.6. The monoisotopic (exact) mass is 429 g/mol. The standard InChI is InChI=1S/C25H27N5O2/c1-4-5-21(31)20-8-14(2)19(12-26-20)18-9-16-11-27-22(29-25(32)15-6-7-15)10-17(16)24-23(18)28-13-30(24)3/h8-13,15,21,31H,4-7H2,1-3H3,(H,27,29,32)/t21-/m1/s1. The topological polar surface area (TPSA) is 92.9 Å². The Morgan fingerprint density at radius 1 is 1.19 bits per heavy atom. The van der Waals surface area contributed by atoms with Gasteiger partial charge in [-0.3, -0.25) is 9.78 Å². The normalized spacial score (nSPS) is 14.8. The van der Waals surface area contributed by atoms with Crippen LogP contribution in [0.25, 0.3) is 32.9 Å². The van der Waals surface area contributed by atoms with Crippen LogP contribution in [0.5, 0.6) is 0 Å². The van der Waals surface area contributed by atoms with Crippen LogP contribution in [-0.4, -0.2) is 30.5 Å². The van der Waals surface area contributed by atoms with Crippen LogP contribution in [0.4, 0.5) is 5.82 Å². The summed E-state index contributed by atoms with van der Waals surface area (Å²) in [5, 5.41) is 15.2. The second-order valence-electron chi connectivity index (χ2n) is 8.76. The van der Waals surface area contributed by atoms with Gasteiger partial charge in [0.1, 0.15) is 5.82 Å². The first-order chi connectivity index (χ1) is 15.5. The molecule has 1 atom stereocenters. The first-order valence-electron chi connectivity index (χ1n) is 11.2. The number of aliphatic hydroxyl groups excluding tert-OH is 1. The van der Waals surface area contributed by atoms with E-state index in [0.717, 1.165) is 57.8 Å². The van der Waals surface area contributed by atoms with E-state index in [1.165, 1.54) is 0 Å². The maximum atomic E-state index is 12.2. The minimum atomic E-state index is -0.548. The first-order valence-corrected chi connectivity index (χ1v) is 11.2. The van der Waals surface area contributed by atoms with E-state index in [2.05, 4.69) is 26.3 Å². The molecule has 32 heavy (non-hydrogen) atoms. The van der Waals surface area contributed by atoms with Crippen molar-refractivity contribution in [3.8, 4) is 11.1 Å². The highest BCUT2D eigenvalue weighted by atomic mass is 16.3. The lowest BCUT2D eigenvalue weighted by Gasteiger charge is -2.14. The van der Waals surface area contributed by atoms with Gasteiger partial charge in [0.15, 0.2) is 0 Å². The van der Waals surface area contributed by atoms with Gasteiger partial charge in [-0.25, -0.2) is 9.97 Å². The number of benzene rings is 1. The van der Waals surface area contributed by atoms with Crippen LogP contribution >= 0.6 is 0 Å². The lowest BCUT2D eigenvalue weighted by molar-refractivity contribution is -0.117. The molecule has 1 fully saturated rings. The van der Waals surface area contributed by atoms with E-state index < -0.39 is 6.10 Å². The molecule has 3 aromatic heterocycles. The molecule has 0 spiro atoms. The lowest BCUT2D eigenvalue weighted by atomic mass is 9.96. The Balaban J connectivity index is 1.62. The Kier molecular flexibility index (Phi) is 5.13. The number of pyridine rings is 2. The number of carbonyl (C=O) groups excluding carboxylic acids is 1. The molecule has 0 aliphatic heterocycles. The van der Waals surface area contributed by atoms with Gasteiger partial charge < -0.3 is 15.0 Å². The summed E-state index contributed by atoms with van der Waals surface area (Å²) in [5.41, 5.74) is 5.55. The quantitative estimate of drug-likeness (QED) is 0.464. The van der Waals surface area contributed by atoms with Gasteiger partial charge in [-0.2, -0.15) is 0 Å². The number of anilines is 1. The van der Waals surface area contributed by atoms with E-state index in [1.807, 2.05) is 43.8 Å². The van der Waals surface area contributed by atoms with E-state index >= 15 is 0 Å². The molecule has 1 amide bonds. The van der Waals surface area contributed by atoms with Crippen molar-refractivity contribution in [2.75, 3.05) is 5.32 Å². The molecule has 0 radical (unpaired) electrons. The summed E-state index contributed by atoms with van der Waals surface area (Å²) in [6.45, 7) is 4.08. The van der Waals surface area contributed by atoms with E-state index in [4.69, 9.17) is 0 Å². The summed E-state index contributed by atoms with van der Waals surface area (Å²) >= 11 is 0. The number of aromatic nitrogens is 4. The van der Waals surface area contributed by atoms with Gasteiger partial charge in [0.05, 0.1) is 29.2 Å². The van der Waals surface area contributed by atoms with Crippen molar-refractivity contribution in [1.29, 1.82) is 0 Å². The molecule has 1 saturated carbocycles. The van der Waals surface area contributed by atoms with Gasteiger partial charge in [0.2, 0.25) is 5.91 Å².